The summed E-state index contributed by atoms with van der Waals surface area (Å²) in [6.07, 6.45) is 18.3. The van der Waals surface area contributed by atoms with Crippen molar-refractivity contribution in [1.29, 1.82) is 0 Å². The first kappa shape index (κ1) is 17.5. The van der Waals surface area contributed by atoms with E-state index in [1.807, 2.05) is 0 Å². The number of hydrogen-bond acceptors (Lipinski definition) is 2. The van der Waals surface area contributed by atoms with Gasteiger partial charge in [0.1, 0.15) is 6.10 Å². The van der Waals surface area contributed by atoms with Crippen molar-refractivity contribution in [3.8, 4) is 0 Å². The SMILES string of the molecule is CN1C(C)(C)CC(OC2=CC=C(C3=CC=CCC3)CC2)CC1(C)C. The van der Waals surface area contributed by atoms with E-state index < -0.39 is 0 Å². The standard InChI is InChI=1S/C22H33NO/c1-21(2)15-20(16-22(3,4)23(21)5)24-19-13-11-18(12-14-19)17-9-7-6-8-10-17/h6-7,9,11,13,20H,8,10,12,14-16H2,1-5H3. The van der Waals surface area contributed by atoms with E-state index in [1.54, 1.807) is 0 Å². The summed E-state index contributed by atoms with van der Waals surface area (Å²) in [5, 5.41) is 0. The number of allylic oxidation sites excluding steroid dienone is 8. The van der Waals surface area contributed by atoms with E-state index in [0.717, 1.165) is 25.7 Å². The van der Waals surface area contributed by atoms with Gasteiger partial charge in [-0.2, -0.15) is 0 Å². The van der Waals surface area contributed by atoms with Crippen LogP contribution in [-0.4, -0.2) is 29.1 Å². The highest BCUT2D eigenvalue weighted by Crippen LogP contribution is 2.39. The van der Waals surface area contributed by atoms with Gasteiger partial charge in [0.15, 0.2) is 0 Å². The van der Waals surface area contributed by atoms with E-state index in [0.29, 0.717) is 6.10 Å². The molecule has 1 saturated heterocycles. The van der Waals surface area contributed by atoms with E-state index in [-0.39, 0.29) is 11.1 Å². The first-order chi connectivity index (χ1) is 11.3. The second kappa shape index (κ2) is 6.55. The number of piperidine rings is 1. The maximum absolute atomic E-state index is 6.44. The Morgan fingerprint density at radius 3 is 2.12 bits per heavy atom. The molecule has 2 heteroatoms. The van der Waals surface area contributed by atoms with Gasteiger partial charge < -0.3 is 4.74 Å². The Hall–Kier alpha value is -1.28. The summed E-state index contributed by atoms with van der Waals surface area (Å²) in [5.74, 6) is 1.17. The van der Waals surface area contributed by atoms with Crippen LogP contribution in [0.3, 0.4) is 0 Å². The fourth-order valence-electron chi connectivity index (χ4n) is 4.43. The fourth-order valence-corrected chi connectivity index (χ4v) is 4.43. The van der Waals surface area contributed by atoms with Crippen LogP contribution in [0.2, 0.25) is 0 Å². The third-order valence-corrected chi connectivity index (χ3v) is 6.13. The zero-order valence-corrected chi connectivity index (χ0v) is 16.1. The van der Waals surface area contributed by atoms with Crippen LogP contribution in [0.15, 0.2) is 47.3 Å². The first-order valence-corrected chi connectivity index (χ1v) is 9.44. The minimum absolute atomic E-state index is 0.182. The first-order valence-electron chi connectivity index (χ1n) is 9.44. The second-order valence-corrected chi connectivity index (χ2v) is 8.82. The van der Waals surface area contributed by atoms with Gasteiger partial charge in [-0.15, -0.1) is 0 Å². The lowest BCUT2D eigenvalue weighted by molar-refractivity contribution is -0.0755. The average Bonchev–Trinajstić information content (AvgIpc) is 2.54. The summed E-state index contributed by atoms with van der Waals surface area (Å²) in [5.41, 5.74) is 3.37. The molecule has 1 fully saturated rings. The van der Waals surface area contributed by atoms with Gasteiger partial charge in [-0.3, -0.25) is 4.90 Å². The number of rotatable bonds is 3. The molecule has 0 saturated carbocycles. The molecular formula is C22H33NO. The van der Waals surface area contributed by atoms with Gasteiger partial charge in [-0.25, -0.2) is 0 Å². The van der Waals surface area contributed by atoms with Crippen molar-refractivity contribution in [3.63, 3.8) is 0 Å². The molecular weight excluding hydrogens is 294 g/mol. The maximum Gasteiger partial charge on any atom is 0.102 e. The summed E-state index contributed by atoms with van der Waals surface area (Å²) >= 11 is 0. The lowest BCUT2D eigenvalue weighted by Crippen LogP contribution is -2.60. The zero-order valence-electron chi connectivity index (χ0n) is 16.1. The van der Waals surface area contributed by atoms with Crippen LogP contribution in [0.5, 0.6) is 0 Å². The van der Waals surface area contributed by atoms with Crippen molar-refractivity contribution in [2.24, 2.45) is 0 Å². The molecule has 0 unspecified atom stereocenters. The zero-order chi connectivity index (χ0) is 17.4. The Morgan fingerprint density at radius 2 is 1.58 bits per heavy atom. The maximum atomic E-state index is 6.44. The number of nitrogens with zero attached hydrogens (tertiary/aromatic N) is 1. The van der Waals surface area contributed by atoms with Crippen LogP contribution < -0.4 is 0 Å². The van der Waals surface area contributed by atoms with Crippen molar-refractivity contribution < 1.29 is 4.74 Å². The molecule has 0 aromatic carbocycles. The van der Waals surface area contributed by atoms with Crippen LogP contribution in [-0.2, 0) is 4.74 Å². The highest BCUT2D eigenvalue weighted by molar-refractivity contribution is 5.40. The topological polar surface area (TPSA) is 12.5 Å². The third kappa shape index (κ3) is 3.69. The van der Waals surface area contributed by atoms with Crippen molar-refractivity contribution >= 4 is 0 Å². The van der Waals surface area contributed by atoms with Crippen molar-refractivity contribution in [3.05, 3.63) is 47.3 Å². The molecule has 1 heterocycles. The molecule has 2 nitrogen and oxygen atoms in total. The van der Waals surface area contributed by atoms with Crippen LogP contribution in [0.4, 0.5) is 0 Å². The molecule has 0 atom stereocenters. The molecule has 2 aliphatic carbocycles. The molecule has 0 bridgehead atoms. The lowest BCUT2D eigenvalue weighted by Gasteiger charge is -2.53. The largest absolute Gasteiger partial charge is 0.495 e. The molecule has 0 radical (unpaired) electrons. The van der Waals surface area contributed by atoms with Gasteiger partial charge in [0, 0.05) is 30.3 Å². The van der Waals surface area contributed by atoms with Crippen LogP contribution in [0, 0.1) is 0 Å². The molecule has 3 rings (SSSR count). The lowest BCUT2D eigenvalue weighted by atomic mass is 9.78. The monoisotopic (exact) mass is 327 g/mol. The Balaban J connectivity index is 1.67. The summed E-state index contributed by atoms with van der Waals surface area (Å²) in [6, 6.07) is 0. The summed E-state index contributed by atoms with van der Waals surface area (Å²) in [4.78, 5) is 2.51. The minimum atomic E-state index is 0.182. The molecule has 0 aromatic heterocycles. The molecule has 132 valence electrons. The highest BCUT2D eigenvalue weighted by Gasteiger charge is 2.44. The van der Waals surface area contributed by atoms with Crippen LogP contribution >= 0.6 is 0 Å². The van der Waals surface area contributed by atoms with Crippen molar-refractivity contribution in [2.45, 2.75) is 83.4 Å². The van der Waals surface area contributed by atoms with E-state index in [4.69, 9.17) is 4.74 Å². The number of hydrogen-bond donors (Lipinski definition) is 0. The molecule has 0 spiro atoms. The van der Waals surface area contributed by atoms with Gasteiger partial charge >= 0.3 is 0 Å². The normalized spacial score (nSPS) is 27.3. The molecule has 24 heavy (non-hydrogen) atoms. The van der Waals surface area contributed by atoms with Gasteiger partial charge in [-0.05, 0) is 71.2 Å². The predicted molar refractivity (Wildman–Crippen MR) is 102 cm³/mol. The molecule has 0 aromatic rings. The van der Waals surface area contributed by atoms with E-state index in [9.17, 15) is 0 Å². The van der Waals surface area contributed by atoms with Gasteiger partial charge in [0.25, 0.3) is 0 Å². The van der Waals surface area contributed by atoms with E-state index in [2.05, 4.69) is 70.0 Å². The number of ether oxygens (including phenoxy) is 1. The molecule has 0 N–H and O–H groups in total. The Kier molecular flexibility index (Phi) is 4.79. The summed E-state index contributed by atoms with van der Waals surface area (Å²) in [6.45, 7) is 9.34. The highest BCUT2D eigenvalue weighted by atomic mass is 16.5. The van der Waals surface area contributed by atoms with Gasteiger partial charge in [-0.1, -0.05) is 24.3 Å². The van der Waals surface area contributed by atoms with Crippen molar-refractivity contribution in [2.75, 3.05) is 7.05 Å². The van der Waals surface area contributed by atoms with Crippen LogP contribution in [0.25, 0.3) is 0 Å². The molecule has 1 aliphatic heterocycles. The van der Waals surface area contributed by atoms with Gasteiger partial charge in [0.2, 0.25) is 0 Å². The van der Waals surface area contributed by atoms with Gasteiger partial charge in [0.05, 0.1) is 5.76 Å². The Bertz CT molecular complexity index is 585. The quantitative estimate of drug-likeness (QED) is 0.675. The third-order valence-electron chi connectivity index (χ3n) is 6.13. The average molecular weight is 328 g/mol. The minimum Gasteiger partial charge on any atom is -0.495 e. The van der Waals surface area contributed by atoms with Crippen LogP contribution in [0.1, 0.15) is 66.2 Å². The Labute approximate surface area is 148 Å². The smallest absolute Gasteiger partial charge is 0.102 e. The fraction of sp³-hybridized carbons (Fsp3) is 0.636. The molecule has 3 aliphatic rings. The number of likely N-dealkylation sites (tertiary alicyclic amines) is 1. The predicted octanol–water partition coefficient (Wildman–Crippen LogP) is 5.53. The summed E-state index contributed by atoms with van der Waals surface area (Å²) in [7, 11) is 2.25. The van der Waals surface area contributed by atoms with E-state index >= 15 is 0 Å². The summed E-state index contributed by atoms with van der Waals surface area (Å²) < 4.78 is 6.44. The van der Waals surface area contributed by atoms with Crippen molar-refractivity contribution in [1.82, 2.24) is 4.90 Å². The second-order valence-electron chi connectivity index (χ2n) is 8.82. The Morgan fingerprint density at radius 1 is 0.917 bits per heavy atom. The van der Waals surface area contributed by atoms with E-state index in [1.165, 1.54) is 29.7 Å². The molecule has 0 amide bonds.